The second-order valence-electron chi connectivity index (χ2n) is 8.46. The van der Waals surface area contributed by atoms with E-state index in [2.05, 4.69) is 22.6 Å². The third-order valence-electron chi connectivity index (χ3n) is 6.36. The number of rotatable bonds is 5. The van der Waals surface area contributed by atoms with E-state index in [-0.39, 0.29) is 30.6 Å². The number of hydrogen-bond donors (Lipinski definition) is 2. The van der Waals surface area contributed by atoms with Crippen LogP contribution in [0.15, 0.2) is 59.1 Å². The van der Waals surface area contributed by atoms with Gasteiger partial charge in [-0.05, 0) is 35.1 Å². The highest BCUT2D eigenvalue weighted by atomic mass is 16.6. The van der Waals surface area contributed by atoms with Gasteiger partial charge in [-0.1, -0.05) is 53.7 Å². The van der Waals surface area contributed by atoms with Gasteiger partial charge >= 0.3 is 12.1 Å². The Labute approximate surface area is 195 Å². The number of benzene rings is 2. The quantitative estimate of drug-likeness (QED) is 0.589. The predicted octanol–water partition coefficient (Wildman–Crippen LogP) is 3.97. The average molecular weight is 461 g/mol. The molecule has 2 N–H and O–H groups in total. The van der Waals surface area contributed by atoms with E-state index in [9.17, 15) is 19.5 Å². The number of carbonyl (C=O) groups excluding carboxylic acids is 2. The highest BCUT2D eigenvalue weighted by Crippen LogP contribution is 2.44. The summed E-state index contributed by atoms with van der Waals surface area (Å²) in [5, 5.41) is 15.4. The van der Waals surface area contributed by atoms with Gasteiger partial charge in [0.25, 0.3) is 5.91 Å². The van der Waals surface area contributed by atoms with Crippen molar-refractivity contribution < 1.29 is 28.8 Å². The van der Waals surface area contributed by atoms with E-state index in [0.717, 1.165) is 22.3 Å². The van der Waals surface area contributed by atoms with Crippen molar-refractivity contribution in [1.29, 1.82) is 0 Å². The van der Waals surface area contributed by atoms with Crippen molar-refractivity contribution in [1.82, 2.24) is 10.1 Å². The molecule has 1 saturated heterocycles. The molecule has 3 aromatic rings. The van der Waals surface area contributed by atoms with Crippen molar-refractivity contribution in [2.24, 2.45) is 5.92 Å². The van der Waals surface area contributed by atoms with Crippen LogP contribution in [-0.2, 0) is 9.53 Å². The Morgan fingerprint density at radius 3 is 2.44 bits per heavy atom. The first-order valence-electron chi connectivity index (χ1n) is 11.1. The van der Waals surface area contributed by atoms with Crippen LogP contribution in [0.4, 0.5) is 10.7 Å². The number of aliphatic carboxylic acids is 1. The summed E-state index contributed by atoms with van der Waals surface area (Å²) >= 11 is 0. The molecule has 5 rings (SSSR count). The molecule has 1 fully saturated rings. The average Bonchev–Trinajstić information content (AvgIpc) is 3.45. The molecule has 0 bridgehead atoms. The van der Waals surface area contributed by atoms with Gasteiger partial charge in [-0.2, -0.15) is 0 Å². The monoisotopic (exact) mass is 461 g/mol. The second-order valence-corrected chi connectivity index (χ2v) is 8.46. The molecule has 2 amide bonds. The minimum atomic E-state index is -0.921. The molecule has 0 radical (unpaired) electrons. The summed E-state index contributed by atoms with van der Waals surface area (Å²) in [6.45, 7) is 0.713. The number of amides is 2. The third kappa shape index (κ3) is 4.12. The molecule has 1 atom stereocenters. The van der Waals surface area contributed by atoms with E-state index in [1.165, 1.54) is 11.0 Å². The fourth-order valence-corrected chi connectivity index (χ4v) is 4.70. The van der Waals surface area contributed by atoms with Crippen LogP contribution in [0.3, 0.4) is 0 Å². The van der Waals surface area contributed by atoms with E-state index in [0.29, 0.717) is 19.4 Å². The lowest BCUT2D eigenvalue weighted by molar-refractivity contribution is -0.143. The van der Waals surface area contributed by atoms with Gasteiger partial charge in [0.1, 0.15) is 6.61 Å². The van der Waals surface area contributed by atoms with Crippen LogP contribution in [0, 0.1) is 5.92 Å². The lowest BCUT2D eigenvalue weighted by Crippen LogP contribution is -2.42. The van der Waals surface area contributed by atoms with E-state index >= 15 is 0 Å². The molecule has 34 heavy (non-hydrogen) atoms. The van der Waals surface area contributed by atoms with Gasteiger partial charge in [-0.15, -0.1) is 0 Å². The first-order valence-corrected chi connectivity index (χ1v) is 11.1. The van der Waals surface area contributed by atoms with Gasteiger partial charge in [0.15, 0.2) is 5.69 Å². The number of nitrogens with one attached hydrogen (secondary N) is 1. The third-order valence-corrected chi connectivity index (χ3v) is 6.36. The number of aromatic nitrogens is 1. The number of carboxylic acid groups (broad SMARTS) is 1. The SMILES string of the molecule is O=C(Nc1cc(C(=O)N2CCC[C@@H](C(=O)O)C2)no1)OCC1c2ccccc2-c2ccccc21. The Bertz CT molecular complexity index is 1210. The normalized spacial score (nSPS) is 17.1. The van der Waals surface area contributed by atoms with Gasteiger partial charge in [-0.3, -0.25) is 14.9 Å². The summed E-state index contributed by atoms with van der Waals surface area (Å²) in [5.74, 6) is -2.05. The number of carbonyl (C=O) groups is 3. The van der Waals surface area contributed by atoms with Crippen LogP contribution >= 0.6 is 0 Å². The van der Waals surface area contributed by atoms with Gasteiger partial charge in [0.2, 0.25) is 5.88 Å². The molecular weight excluding hydrogens is 438 g/mol. The fourth-order valence-electron chi connectivity index (χ4n) is 4.70. The Balaban J connectivity index is 1.20. The molecule has 0 spiro atoms. The Kier molecular flexibility index (Phi) is 5.75. The molecule has 1 aromatic heterocycles. The van der Waals surface area contributed by atoms with Crippen LogP contribution in [0.2, 0.25) is 0 Å². The summed E-state index contributed by atoms with van der Waals surface area (Å²) < 4.78 is 10.6. The maximum atomic E-state index is 12.7. The molecule has 9 nitrogen and oxygen atoms in total. The van der Waals surface area contributed by atoms with E-state index in [1.807, 2.05) is 36.4 Å². The van der Waals surface area contributed by atoms with Crippen molar-refractivity contribution in [3.8, 4) is 11.1 Å². The molecule has 2 aliphatic rings. The Morgan fingerprint density at radius 1 is 1.09 bits per heavy atom. The van der Waals surface area contributed by atoms with Crippen molar-refractivity contribution >= 4 is 23.9 Å². The minimum absolute atomic E-state index is 0.0000126. The lowest BCUT2D eigenvalue weighted by Gasteiger charge is -2.29. The van der Waals surface area contributed by atoms with Crippen LogP contribution < -0.4 is 5.32 Å². The standard InChI is InChI=1S/C25H23N3O6/c29-23(28-11-5-6-15(13-28)24(30)31)21-12-22(34-27-21)26-25(32)33-14-20-18-9-3-1-7-16(18)17-8-2-4-10-19(17)20/h1-4,7-10,12,15,20H,5-6,11,13-14H2,(H,26,32)(H,30,31)/t15-/m1/s1. The van der Waals surface area contributed by atoms with Gasteiger partial charge in [0.05, 0.1) is 5.92 Å². The minimum Gasteiger partial charge on any atom is -0.481 e. The van der Waals surface area contributed by atoms with Crippen LogP contribution in [0.5, 0.6) is 0 Å². The molecule has 2 aromatic carbocycles. The highest BCUT2D eigenvalue weighted by molar-refractivity contribution is 5.94. The molecule has 1 aliphatic carbocycles. The summed E-state index contributed by atoms with van der Waals surface area (Å²) in [4.78, 5) is 37.8. The number of piperidine rings is 1. The number of fused-ring (bicyclic) bond motifs is 3. The maximum Gasteiger partial charge on any atom is 0.414 e. The van der Waals surface area contributed by atoms with Crippen LogP contribution in [0.1, 0.15) is 40.4 Å². The largest absolute Gasteiger partial charge is 0.481 e. The zero-order chi connectivity index (χ0) is 23.7. The van der Waals surface area contributed by atoms with Crippen LogP contribution in [0.25, 0.3) is 11.1 Å². The molecule has 0 unspecified atom stereocenters. The number of carboxylic acids is 1. The van der Waals surface area contributed by atoms with Crippen molar-refractivity contribution in [3.05, 3.63) is 71.4 Å². The summed E-state index contributed by atoms with van der Waals surface area (Å²) in [5.41, 5.74) is 4.47. The number of hydrogen-bond acceptors (Lipinski definition) is 6. The van der Waals surface area contributed by atoms with Gasteiger partial charge in [0, 0.05) is 25.1 Å². The smallest absolute Gasteiger partial charge is 0.414 e. The molecular formula is C25H23N3O6. The van der Waals surface area contributed by atoms with Crippen LogP contribution in [-0.4, -0.2) is 52.8 Å². The fraction of sp³-hybridized carbons (Fsp3) is 0.280. The summed E-state index contributed by atoms with van der Waals surface area (Å²) in [6, 6.07) is 17.4. The highest BCUT2D eigenvalue weighted by Gasteiger charge is 2.31. The van der Waals surface area contributed by atoms with E-state index in [4.69, 9.17) is 9.26 Å². The molecule has 1 aliphatic heterocycles. The van der Waals surface area contributed by atoms with E-state index < -0.39 is 23.9 Å². The Hall–Kier alpha value is -4.14. The summed E-state index contributed by atoms with van der Waals surface area (Å²) in [7, 11) is 0. The lowest BCUT2D eigenvalue weighted by atomic mass is 9.98. The Morgan fingerprint density at radius 2 is 1.76 bits per heavy atom. The first-order chi connectivity index (χ1) is 16.5. The number of likely N-dealkylation sites (tertiary alicyclic amines) is 1. The topological polar surface area (TPSA) is 122 Å². The first kappa shape index (κ1) is 21.7. The van der Waals surface area contributed by atoms with Crippen molar-refractivity contribution in [2.75, 3.05) is 25.0 Å². The maximum absolute atomic E-state index is 12.7. The molecule has 0 saturated carbocycles. The van der Waals surface area contributed by atoms with Crippen molar-refractivity contribution in [2.45, 2.75) is 18.8 Å². The summed E-state index contributed by atoms with van der Waals surface area (Å²) in [6.07, 6.45) is 0.415. The van der Waals surface area contributed by atoms with Gasteiger partial charge in [-0.25, -0.2) is 4.79 Å². The van der Waals surface area contributed by atoms with E-state index in [1.54, 1.807) is 0 Å². The zero-order valence-corrected chi connectivity index (χ0v) is 18.3. The zero-order valence-electron chi connectivity index (χ0n) is 18.3. The van der Waals surface area contributed by atoms with Gasteiger partial charge < -0.3 is 19.3 Å². The number of ether oxygens (including phenoxy) is 1. The number of anilines is 1. The molecule has 174 valence electrons. The second kappa shape index (κ2) is 9.01. The van der Waals surface area contributed by atoms with Crippen molar-refractivity contribution in [3.63, 3.8) is 0 Å². The predicted molar refractivity (Wildman–Crippen MR) is 121 cm³/mol. The molecule has 9 heteroatoms. The number of nitrogens with zero attached hydrogens (tertiary/aromatic N) is 2. The molecule has 2 heterocycles.